The Balaban J connectivity index is 0. The molecule has 0 spiro atoms. The summed E-state index contributed by atoms with van der Waals surface area (Å²) in [6.07, 6.45) is 0.973. The lowest BCUT2D eigenvalue weighted by Crippen LogP contribution is -2.25. The highest BCUT2D eigenvalue weighted by molar-refractivity contribution is 6.27. The van der Waals surface area contributed by atoms with Crippen LogP contribution in [0.4, 0.5) is 0 Å². The van der Waals surface area contributed by atoms with E-state index in [1.165, 1.54) is 0 Å². The van der Waals surface area contributed by atoms with Crippen LogP contribution in [0.2, 0.25) is 0 Å². The van der Waals surface area contributed by atoms with Crippen molar-refractivity contribution in [2.45, 2.75) is 25.4 Å². The zero-order chi connectivity index (χ0) is 18.4. The van der Waals surface area contributed by atoms with Crippen molar-refractivity contribution in [2.24, 2.45) is 0 Å². The van der Waals surface area contributed by atoms with Crippen molar-refractivity contribution >= 4 is 11.9 Å². The van der Waals surface area contributed by atoms with Gasteiger partial charge >= 0.3 is 11.9 Å². The molecule has 13 nitrogen and oxygen atoms in total. The molecule has 0 aromatic rings. The molecule has 0 bridgehead atoms. The summed E-state index contributed by atoms with van der Waals surface area (Å²) in [5, 5.41) is 32.9. The largest absolute Gasteiger partial charge is 0.473 e. The molecule has 0 heterocycles. The van der Waals surface area contributed by atoms with Gasteiger partial charge in [0, 0.05) is 0 Å². The van der Waals surface area contributed by atoms with E-state index in [9.17, 15) is 20.2 Å². The Morgan fingerprint density at radius 1 is 1.09 bits per heavy atom. The van der Waals surface area contributed by atoms with Gasteiger partial charge < -0.3 is 24.8 Å². The Hall–Kier alpha value is -2.70. The first-order chi connectivity index (χ1) is 10.6. The lowest BCUT2D eigenvalue weighted by atomic mass is 10.1. The van der Waals surface area contributed by atoms with Crippen LogP contribution >= 0.6 is 0 Å². The van der Waals surface area contributed by atoms with Gasteiger partial charge in [-0.25, -0.2) is 9.59 Å². The average molecular weight is 341 g/mol. The van der Waals surface area contributed by atoms with Gasteiger partial charge in [-0.05, 0) is 39.9 Å². The van der Waals surface area contributed by atoms with Crippen LogP contribution in [0.15, 0.2) is 0 Å². The molecule has 1 unspecified atom stereocenters. The van der Waals surface area contributed by atoms with Crippen LogP contribution in [-0.4, -0.2) is 70.6 Å². The van der Waals surface area contributed by atoms with Gasteiger partial charge in [0.1, 0.15) is 12.7 Å². The summed E-state index contributed by atoms with van der Waals surface area (Å²) in [4.78, 5) is 48.6. The quantitative estimate of drug-likeness (QED) is 0.229. The summed E-state index contributed by atoms with van der Waals surface area (Å²) in [5.41, 5.74) is 0. The van der Waals surface area contributed by atoms with Gasteiger partial charge in [0.15, 0.2) is 0 Å². The van der Waals surface area contributed by atoms with Crippen molar-refractivity contribution in [2.75, 3.05) is 27.2 Å². The van der Waals surface area contributed by atoms with Crippen molar-refractivity contribution in [1.29, 1.82) is 0 Å². The third kappa shape index (κ3) is 19.3. The van der Waals surface area contributed by atoms with Crippen LogP contribution in [0.1, 0.15) is 19.3 Å². The molecule has 1 atom stereocenters. The summed E-state index contributed by atoms with van der Waals surface area (Å²) < 4.78 is 0. The second-order valence-corrected chi connectivity index (χ2v) is 4.38. The number of hydrogen-bond acceptors (Lipinski definition) is 9. The molecule has 2 N–H and O–H groups in total. The summed E-state index contributed by atoms with van der Waals surface area (Å²) in [6, 6.07) is 0. The molecule has 0 radical (unpaired) electrons. The zero-order valence-electron chi connectivity index (χ0n) is 12.6. The van der Waals surface area contributed by atoms with E-state index in [1.807, 2.05) is 19.0 Å². The number of rotatable bonds is 10. The molecule has 0 aliphatic rings. The predicted octanol–water partition coefficient (Wildman–Crippen LogP) is -0.341. The minimum Gasteiger partial charge on any atom is -0.473 e. The van der Waals surface area contributed by atoms with E-state index in [1.54, 1.807) is 0 Å². The van der Waals surface area contributed by atoms with Crippen LogP contribution in [0.25, 0.3) is 0 Å². The molecule has 0 saturated carbocycles. The Bertz CT molecular complexity index is 388. The number of nitrogens with zero attached hydrogens (tertiary/aromatic N) is 3. The zero-order valence-corrected chi connectivity index (χ0v) is 12.6. The first-order valence-electron chi connectivity index (χ1n) is 6.25. The lowest BCUT2D eigenvalue weighted by Gasteiger charge is -2.14. The standard InChI is InChI=1S/C8H17N3O6.C2H2O4/c1-9(2)6-4-3-5-8(17-11(14)15)7-16-10(12)13;3-1(4)2(5)6/h8H,3-7H2,1-2H3;(H,3,4)(H,5,6). The van der Waals surface area contributed by atoms with Crippen LogP contribution in [0.5, 0.6) is 0 Å². The van der Waals surface area contributed by atoms with Crippen molar-refractivity contribution in [3.8, 4) is 0 Å². The minimum atomic E-state index is -1.82. The van der Waals surface area contributed by atoms with E-state index in [0.29, 0.717) is 12.8 Å². The number of carboxylic acids is 2. The number of unbranched alkanes of at least 4 members (excludes halogenated alkanes) is 1. The molecule has 23 heavy (non-hydrogen) atoms. The Morgan fingerprint density at radius 3 is 1.96 bits per heavy atom. The third-order valence-corrected chi connectivity index (χ3v) is 2.17. The van der Waals surface area contributed by atoms with Gasteiger partial charge in [0.25, 0.3) is 10.2 Å². The Labute approximate surface area is 130 Å². The molecule has 0 aliphatic carbocycles. The van der Waals surface area contributed by atoms with Crippen LogP contribution < -0.4 is 0 Å². The molecule has 0 fully saturated rings. The summed E-state index contributed by atoms with van der Waals surface area (Å²) >= 11 is 0. The van der Waals surface area contributed by atoms with Gasteiger partial charge in [-0.1, -0.05) is 0 Å². The highest BCUT2D eigenvalue weighted by atomic mass is 17.0. The number of carbonyl (C=O) groups is 2. The van der Waals surface area contributed by atoms with Gasteiger partial charge in [-0.15, -0.1) is 20.2 Å². The van der Waals surface area contributed by atoms with Gasteiger partial charge in [-0.3, -0.25) is 0 Å². The van der Waals surface area contributed by atoms with E-state index in [2.05, 4.69) is 9.68 Å². The van der Waals surface area contributed by atoms with Crippen LogP contribution in [0.3, 0.4) is 0 Å². The maximum absolute atomic E-state index is 10.1. The molecule has 0 saturated heterocycles. The van der Waals surface area contributed by atoms with E-state index in [-0.39, 0.29) is 0 Å². The highest BCUT2D eigenvalue weighted by Gasteiger charge is 2.15. The minimum absolute atomic E-state index is 0.350. The Morgan fingerprint density at radius 2 is 1.61 bits per heavy atom. The fourth-order valence-corrected chi connectivity index (χ4v) is 1.23. The van der Waals surface area contributed by atoms with Gasteiger partial charge in [0.2, 0.25) is 0 Å². The lowest BCUT2D eigenvalue weighted by molar-refractivity contribution is -0.790. The first kappa shape index (κ1) is 22.6. The van der Waals surface area contributed by atoms with Crippen molar-refractivity contribution in [3.63, 3.8) is 0 Å². The smallest absolute Gasteiger partial charge is 0.414 e. The summed E-state index contributed by atoms with van der Waals surface area (Å²) in [6.45, 7) is 0.428. The van der Waals surface area contributed by atoms with Crippen LogP contribution in [0, 0.1) is 20.2 Å². The highest BCUT2D eigenvalue weighted by Crippen LogP contribution is 2.06. The fraction of sp³-hybridized carbons (Fsp3) is 0.800. The number of hydrogen-bond donors (Lipinski definition) is 2. The second kappa shape index (κ2) is 13.0. The molecule has 0 aromatic heterocycles. The van der Waals surface area contributed by atoms with Crippen molar-refractivity contribution < 1.29 is 39.7 Å². The number of carboxylic acid groups (broad SMARTS) is 2. The molecular weight excluding hydrogens is 322 g/mol. The molecule has 0 rings (SSSR count). The fourth-order valence-electron chi connectivity index (χ4n) is 1.23. The topological polar surface area (TPSA) is 183 Å². The third-order valence-electron chi connectivity index (χ3n) is 2.17. The second-order valence-electron chi connectivity index (χ2n) is 4.38. The first-order valence-corrected chi connectivity index (χ1v) is 6.25. The van der Waals surface area contributed by atoms with E-state index >= 15 is 0 Å². The molecule has 13 heteroatoms. The van der Waals surface area contributed by atoms with Gasteiger partial charge in [-0.2, -0.15) is 0 Å². The number of aliphatic carboxylic acids is 2. The monoisotopic (exact) mass is 341 g/mol. The molecular formula is C10H19N3O10. The molecule has 134 valence electrons. The Kier molecular flexibility index (Phi) is 12.8. The predicted molar refractivity (Wildman–Crippen MR) is 72.5 cm³/mol. The molecule has 0 aromatic carbocycles. The van der Waals surface area contributed by atoms with E-state index in [0.717, 1.165) is 13.0 Å². The molecule has 0 amide bonds. The summed E-state index contributed by atoms with van der Waals surface area (Å²) in [7, 11) is 3.84. The van der Waals surface area contributed by atoms with E-state index < -0.39 is 34.8 Å². The van der Waals surface area contributed by atoms with E-state index in [4.69, 9.17) is 19.8 Å². The average Bonchev–Trinajstić information content (AvgIpc) is 2.40. The van der Waals surface area contributed by atoms with Gasteiger partial charge in [0.05, 0.1) is 0 Å². The van der Waals surface area contributed by atoms with Crippen molar-refractivity contribution in [3.05, 3.63) is 20.2 Å². The molecule has 0 aliphatic heterocycles. The maximum Gasteiger partial charge on any atom is 0.414 e. The SMILES string of the molecule is CN(C)CCCCC(CO[N+](=O)[O-])O[N+](=O)[O-].O=C(O)C(=O)O. The maximum atomic E-state index is 10.1. The van der Waals surface area contributed by atoms with Crippen molar-refractivity contribution in [1.82, 2.24) is 4.90 Å². The normalized spacial score (nSPS) is 10.9. The van der Waals surface area contributed by atoms with Crippen LogP contribution in [-0.2, 0) is 19.3 Å². The summed E-state index contributed by atoms with van der Waals surface area (Å²) in [5.74, 6) is -3.65.